The highest BCUT2D eigenvalue weighted by Gasteiger charge is 2.21. The second kappa shape index (κ2) is 10.5. The van der Waals surface area contributed by atoms with Crippen molar-refractivity contribution in [2.45, 2.75) is 38.7 Å². The number of carbonyl (C=O) groups excluding carboxylic acids is 3. The lowest BCUT2D eigenvalue weighted by molar-refractivity contribution is -0.123. The molecule has 3 aromatic rings. The quantitative estimate of drug-likeness (QED) is 0.352. The fraction of sp³-hybridized carbons (Fsp3) is 0.192. The molecule has 1 unspecified atom stereocenters. The number of anilines is 2. The number of hydrogen-bond donors (Lipinski definition) is 2. The first-order chi connectivity index (χ1) is 16.5. The average molecular weight is 495 g/mol. The van der Waals surface area contributed by atoms with Crippen molar-refractivity contribution in [1.29, 1.82) is 0 Å². The molecular weight excluding hydrogens is 468 g/mol. The maximum Gasteiger partial charge on any atom is 0.338 e. The van der Waals surface area contributed by atoms with Crippen molar-refractivity contribution in [2.24, 2.45) is 0 Å². The molecule has 0 aromatic heterocycles. The lowest BCUT2D eigenvalue weighted by Gasteiger charge is -2.14. The molecular formula is C26H26N2O6S. The summed E-state index contributed by atoms with van der Waals surface area (Å²) in [5.74, 6) is -1.41. The lowest BCUT2D eigenvalue weighted by Crippen LogP contribution is -2.30. The predicted octanol–water partition coefficient (Wildman–Crippen LogP) is 4.49. The highest BCUT2D eigenvalue weighted by Crippen LogP contribution is 2.22. The Balaban J connectivity index is 1.63. The summed E-state index contributed by atoms with van der Waals surface area (Å²) in [4.78, 5) is 36.2. The normalized spacial score (nSPS) is 11.9. The first-order valence-electron chi connectivity index (χ1n) is 10.8. The topological polar surface area (TPSA) is 119 Å². The van der Waals surface area contributed by atoms with Crippen LogP contribution in [0.3, 0.4) is 0 Å². The molecule has 0 saturated heterocycles. The Kier molecular flexibility index (Phi) is 7.71. The van der Waals surface area contributed by atoms with E-state index in [1.54, 1.807) is 36.4 Å². The molecule has 3 rings (SSSR count). The lowest BCUT2D eigenvalue weighted by atomic mass is 10.1. The van der Waals surface area contributed by atoms with Crippen molar-refractivity contribution in [3.8, 4) is 0 Å². The number of hydrogen-bond acceptors (Lipinski definition) is 6. The Hall–Kier alpha value is -3.98. The monoisotopic (exact) mass is 494 g/mol. The summed E-state index contributed by atoms with van der Waals surface area (Å²) in [6, 6.07) is 16.9. The van der Waals surface area contributed by atoms with Crippen LogP contribution in [0.1, 0.15) is 45.7 Å². The molecule has 0 spiro atoms. The van der Waals surface area contributed by atoms with E-state index >= 15 is 0 Å². The van der Waals surface area contributed by atoms with E-state index in [2.05, 4.69) is 10.0 Å². The molecule has 35 heavy (non-hydrogen) atoms. The van der Waals surface area contributed by atoms with Gasteiger partial charge in [-0.2, -0.15) is 0 Å². The van der Waals surface area contributed by atoms with Crippen molar-refractivity contribution >= 4 is 39.1 Å². The molecule has 0 radical (unpaired) electrons. The van der Waals surface area contributed by atoms with E-state index in [9.17, 15) is 22.8 Å². The number of ether oxygens (including phenoxy) is 1. The average Bonchev–Trinajstić information content (AvgIpc) is 2.82. The van der Waals surface area contributed by atoms with Gasteiger partial charge in [0.25, 0.3) is 15.9 Å². The van der Waals surface area contributed by atoms with Crippen LogP contribution in [0.2, 0.25) is 0 Å². The van der Waals surface area contributed by atoms with Gasteiger partial charge in [-0.25, -0.2) is 13.2 Å². The summed E-state index contributed by atoms with van der Waals surface area (Å²) in [5, 5.41) is 2.61. The SMILES string of the molecule is CC(=O)c1ccc(NC(=O)C(C)OC(=O)c2ccc(S(=O)(=O)Nc3cccc(C)c3C)cc2)cc1. The molecule has 2 N–H and O–H groups in total. The summed E-state index contributed by atoms with van der Waals surface area (Å²) in [6.07, 6.45) is -1.11. The largest absolute Gasteiger partial charge is 0.449 e. The van der Waals surface area contributed by atoms with Gasteiger partial charge in [0.05, 0.1) is 16.1 Å². The number of amides is 1. The van der Waals surface area contributed by atoms with Crippen molar-refractivity contribution in [1.82, 2.24) is 0 Å². The number of aryl methyl sites for hydroxylation is 1. The van der Waals surface area contributed by atoms with Gasteiger partial charge in [0.1, 0.15) is 0 Å². The van der Waals surface area contributed by atoms with Gasteiger partial charge in [-0.15, -0.1) is 0 Å². The molecule has 0 bridgehead atoms. The van der Waals surface area contributed by atoms with Crippen LogP contribution < -0.4 is 10.0 Å². The highest BCUT2D eigenvalue weighted by atomic mass is 32.2. The Morgan fingerprint density at radius 3 is 2.06 bits per heavy atom. The van der Waals surface area contributed by atoms with Gasteiger partial charge in [-0.05, 0) is 93.4 Å². The minimum Gasteiger partial charge on any atom is -0.449 e. The smallest absolute Gasteiger partial charge is 0.338 e. The van der Waals surface area contributed by atoms with Crippen LogP contribution in [0, 0.1) is 13.8 Å². The number of sulfonamides is 1. The summed E-state index contributed by atoms with van der Waals surface area (Å²) < 4.78 is 33.3. The van der Waals surface area contributed by atoms with E-state index in [0.29, 0.717) is 16.9 Å². The number of nitrogens with one attached hydrogen (secondary N) is 2. The van der Waals surface area contributed by atoms with Crippen molar-refractivity contribution in [2.75, 3.05) is 10.0 Å². The van der Waals surface area contributed by atoms with E-state index in [1.165, 1.54) is 38.1 Å². The van der Waals surface area contributed by atoms with E-state index in [-0.39, 0.29) is 16.2 Å². The van der Waals surface area contributed by atoms with Crippen LogP contribution in [-0.4, -0.2) is 32.2 Å². The molecule has 0 aliphatic carbocycles. The van der Waals surface area contributed by atoms with Gasteiger partial charge in [0.15, 0.2) is 11.9 Å². The summed E-state index contributed by atoms with van der Waals surface area (Å²) in [7, 11) is -3.86. The number of benzene rings is 3. The Labute approximate surface area is 204 Å². The van der Waals surface area contributed by atoms with Crippen LogP contribution in [0.15, 0.2) is 71.6 Å². The Morgan fingerprint density at radius 2 is 1.46 bits per heavy atom. The Morgan fingerprint density at radius 1 is 0.857 bits per heavy atom. The number of Topliss-reactive ketones (excluding diaryl/α,β-unsaturated/α-hetero) is 1. The number of rotatable bonds is 8. The maximum atomic E-state index is 12.7. The van der Waals surface area contributed by atoms with Crippen molar-refractivity contribution in [3.05, 3.63) is 89.0 Å². The maximum absolute atomic E-state index is 12.7. The molecule has 3 aromatic carbocycles. The third-order valence-electron chi connectivity index (χ3n) is 5.46. The fourth-order valence-electron chi connectivity index (χ4n) is 3.15. The van der Waals surface area contributed by atoms with Gasteiger partial charge >= 0.3 is 5.97 Å². The van der Waals surface area contributed by atoms with Gasteiger partial charge in [0, 0.05) is 11.3 Å². The molecule has 1 amide bonds. The first-order valence-corrected chi connectivity index (χ1v) is 12.3. The van der Waals surface area contributed by atoms with Crippen molar-refractivity contribution < 1.29 is 27.5 Å². The summed E-state index contributed by atoms with van der Waals surface area (Å²) >= 11 is 0. The second-order valence-electron chi connectivity index (χ2n) is 8.05. The van der Waals surface area contributed by atoms with Gasteiger partial charge in [0.2, 0.25) is 0 Å². The van der Waals surface area contributed by atoms with Gasteiger partial charge in [-0.3, -0.25) is 14.3 Å². The molecule has 0 fully saturated rings. The van der Waals surface area contributed by atoms with Crippen LogP contribution in [-0.2, 0) is 19.6 Å². The second-order valence-corrected chi connectivity index (χ2v) is 9.73. The molecule has 0 saturated carbocycles. The van der Waals surface area contributed by atoms with Crippen LogP contribution in [0.5, 0.6) is 0 Å². The van der Waals surface area contributed by atoms with E-state index in [1.807, 2.05) is 19.9 Å². The van der Waals surface area contributed by atoms with Gasteiger partial charge < -0.3 is 10.1 Å². The molecule has 0 aliphatic rings. The van der Waals surface area contributed by atoms with Gasteiger partial charge in [-0.1, -0.05) is 12.1 Å². The van der Waals surface area contributed by atoms with E-state index in [0.717, 1.165) is 11.1 Å². The predicted molar refractivity (Wildman–Crippen MR) is 133 cm³/mol. The van der Waals surface area contributed by atoms with Crippen molar-refractivity contribution in [3.63, 3.8) is 0 Å². The zero-order valence-corrected chi connectivity index (χ0v) is 20.6. The highest BCUT2D eigenvalue weighted by molar-refractivity contribution is 7.92. The molecule has 8 nitrogen and oxygen atoms in total. The third-order valence-corrected chi connectivity index (χ3v) is 6.84. The minimum absolute atomic E-state index is 0.0187. The standard InChI is InChI=1S/C26H26N2O6S/c1-16-6-5-7-24(17(16)2)28-35(32,33)23-14-10-21(11-15-23)26(31)34-19(4)25(30)27-22-12-8-20(9-13-22)18(3)29/h5-15,19,28H,1-4H3,(H,27,30). The molecule has 182 valence electrons. The molecule has 1 atom stereocenters. The van der Waals surface area contributed by atoms with Crippen LogP contribution in [0.25, 0.3) is 0 Å². The molecule has 0 heterocycles. The first kappa shape index (κ1) is 25.6. The molecule has 9 heteroatoms. The third kappa shape index (κ3) is 6.33. The van der Waals surface area contributed by atoms with E-state index in [4.69, 9.17) is 4.74 Å². The van der Waals surface area contributed by atoms with E-state index < -0.39 is 28.0 Å². The minimum atomic E-state index is -3.86. The number of ketones is 1. The van der Waals surface area contributed by atoms with Crippen LogP contribution >= 0.6 is 0 Å². The summed E-state index contributed by atoms with van der Waals surface area (Å²) in [6.45, 7) is 6.58. The zero-order chi connectivity index (χ0) is 25.8. The zero-order valence-electron chi connectivity index (χ0n) is 19.8. The Bertz CT molecular complexity index is 1360. The fourth-order valence-corrected chi connectivity index (χ4v) is 4.27. The number of esters is 1. The number of carbonyl (C=O) groups is 3. The molecule has 0 aliphatic heterocycles. The van der Waals surface area contributed by atoms with Crippen LogP contribution in [0.4, 0.5) is 11.4 Å². The summed E-state index contributed by atoms with van der Waals surface area (Å²) in [5.41, 5.74) is 3.31.